The van der Waals surface area contributed by atoms with E-state index in [2.05, 4.69) is 5.43 Å². The number of alkyl halides is 3. The highest BCUT2D eigenvalue weighted by atomic mass is 19.4. The average Bonchev–Trinajstić information content (AvgIpc) is 2.84. The number of hydrazine groups is 1. The molecule has 0 spiro atoms. The summed E-state index contributed by atoms with van der Waals surface area (Å²) in [5.74, 6) is 5.77. The Morgan fingerprint density at radius 2 is 1.84 bits per heavy atom. The summed E-state index contributed by atoms with van der Waals surface area (Å²) >= 11 is 0. The summed E-state index contributed by atoms with van der Waals surface area (Å²) in [5, 5.41) is 0. The van der Waals surface area contributed by atoms with Gasteiger partial charge < -0.3 is 5.73 Å². The molecule has 5 N–H and O–H groups in total. The van der Waals surface area contributed by atoms with Crippen molar-refractivity contribution >= 4 is 5.69 Å². The lowest BCUT2D eigenvalue weighted by Gasteiger charge is -2.25. The molecule has 1 aliphatic carbocycles. The second kappa shape index (κ2) is 5.38. The smallest absolute Gasteiger partial charge is 0.398 e. The van der Waals surface area contributed by atoms with Crippen LogP contribution in [0.25, 0.3) is 0 Å². The van der Waals surface area contributed by atoms with Crippen molar-refractivity contribution in [2.45, 2.75) is 37.9 Å². The molecule has 19 heavy (non-hydrogen) atoms. The molecule has 0 heterocycles. The van der Waals surface area contributed by atoms with E-state index in [1.165, 1.54) is 6.07 Å². The predicted octanol–water partition coefficient (Wildman–Crippen LogP) is 2.98. The Hall–Kier alpha value is -1.27. The van der Waals surface area contributed by atoms with E-state index in [1.807, 2.05) is 0 Å². The Bertz CT molecular complexity index is 439. The molecule has 1 aliphatic rings. The number of benzene rings is 1. The minimum absolute atomic E-state index is 0.246. The van der Waals surface area contributed by atoms with Gasteiger partial charge >= 0.3 is 6.18 Å². The van der Waals surface area contributed by atoms with Crippen LogP contribution < -0.4 is 17.0 Å². The molecule has 106 valence electrons. The highest BCUT2D eigenvalue weighted by Crippen LogP contribution is 2.39. The van der Waals surface area contributed by atoms with Gasteiger partial charge in [0.1, 0.15) is 0 Å². The first-order valence-corrected chi connectivity index (χ1v) is 6.36. The summed E-state index contributed by atoms with van der Waals surface area (Å²) in [6.07, 6.45) is -0.268. The third-order valence-electron chi connectivity index (χ3n) is 3.80. The summed E-state index contributed by atoms with van der Waals surface area (Å²) in [7, 11) is 0. The van der Waals surface area contributed by atoms with E-state index in [1.54, 1.807) is 0 Å². The molecule has 1 aromatic carbocycles. The minimum atomic E-state index is -4.36. The van der Waals surface area contributed by atoms with E-state index in [0.717, 1.165) is 37.8 Å². The third kappa shape index (κ3) is 3.01. The molecule has 0 aromatic heterocycles. The lowest BCUT2D eigenvalue weighted by molar-refractivity contribution is -0.137. The highest BCUT2D eigenvalue weighted by molar-refractivity contribution is 5.51. The van der Waals surface area contributed by atoms with Gasteiger partial charge in [0.05, 0.1) is 11.6 Å². The second-order valence-corrected chi connectivity index (χ2v) is 5.03. The number of nitrogens with one attached hydrogen (secondary N) is 1. The highest BCUT2D eigenvalue weighted by Gasteiger charge is 2.33. The van der Waals surface area contributed by atoms with E-state index < -0.39 is 11.7 Å². The molecule has 1 aromatic rings. The van der Waals surface area contributed by atoms with Crippen LogP contribution in [0.15, 0.2) is 18.2 Å². The molecule has 1 atom stereocenters. The molecule has 0 saturated heterocycles. The zero-order valence-electron chi connectivity index (χ0n) is 10.5. The summed E-state index contributed by atoms with van der Waals surface area (Å²) in [5.41, 5.74) is 8.56. The Balaban J connectivity index is 2.35. The normalized spacial score (nSPS) is 18.7. The van der Waals surface area contributed by atoms with Gasteiger partial charge in [0.25, 0.3) is 0 Å². The molecule has 0 radical (unpaired) electrons. The largest absolute Gasteiger partial charge is 0.416 e. The van der Waals surface area contributed by atoms with Crippen molar-refractivity contribution in [3.05, 3.63) is 29.3 Å². The van der Waals surface area contributed by atoms with E-state index in [4.69, 9.17) is 11.6 Å². The first kappa shape index (κ1) is 14.1. The van der Waals surface area contributed by atoms with Gasteiger partial charge in [-0.15, -0.1) is 0 Å². The number of hydrogen-bond donors (Lipinski definition) is 3. The van der Waals surface area contributed by atoms with E-state index >= 15 is 0 Å². The van der Waals surface area contributed by atoms with Crippen LogP contribution >= 0.6 is 0 Å². The van der Waals surface area contributed by atoms with Gasteiger partial charge in [-0.2, -0.15) is 13.2 Å². The number of nitrogen functional groups attached to an aromatic ring is 1. The molecular weight excluding hydrogens is 255 g/mol. The van der Waals surface area contributed by atoms with Crippen molar-refractivity contribution < 1.29 is 13.2 Å². The van der Waals surface area contributed by atoms with Gasteiger partial charge in [-0.1, -0.05) is 12.8 Å². The average molecular weight is 273 g/mol. The monoisotopic (exact) mass is 273 g/mol. The van der Waals surface area contributed by atoms with Crippen molar-refractivity contribution in [3.63, 3.8) is 0 Å². The van der Waals surface area contributed by atoms with Crippen LogP contribution in [0.5, 0.6) is 0 Å². The molecule has 0 bridgehead atoms. The summed E-state index contributed by atoms with van der Waals surface area (Å²) in [6, 6.07) is 3.10. The fourth-order valence-electron chi connectivity index (χ4n) is 2.79. The van der Waals surface area contributed by atoms with Crippen molar-refractivity contribution in [2.75, 3.05) is 5.73 Å². The number of anilines is 1. The molecule has 1 unspecified atom stereocenters. The van der Waals surface area contributed by atoms with Crippen LogP contribution in [0.2, 0.25) is 0 Å². The van der Waals surface area contributed by atoms with Crippen LogP contribution in [0, 0.1) is 5.92 Å². The lowest BCUT2D eigenvalue weighted by atomic mass is 9.90. The molecule has 0 aliphatic heterocycles. The van der Waals surface area contributed by atoms with Crippen molar-refractivity contribution in [3.8, 4) is 0 Å². The van der Waals surface area contributed by atoms with Gasteiger partial charge in [0, 0.05) is 5.69 Å². The topological polar surface area (TPSA) is 64.1 Å². The SMILES string of the molecule is NNC(c1cc(C(F)(F)F)ccc1N)C1CCCC1. The minimum Gasteiger partial charge on any atom is -0.398 e. The van der Waals surface area contributed by atoms with Gasteiger partial charge in [-0.05, 0) is 42.5 Å². The zero-order chi connectivity index (χ0) is 14.0. The molecule has 1 saturated carbocycles. The van der Waals surface area contributed by atoms with E-state index in [9.17, 15) is 13.2 Å². The zero-order valence-corrected chi connectivity index (χ0v) is 10.5. The Morgan fingerprint density at radius 1 is 1.21 bits per heavy atom. The molecule has 3 nitrogen and oxygen atoms in total. The maximum absolute atomic E-state index is 12.8. The Labute approximate surface area is 110 Å². The van der Waals surface area contributed by atoms with E-state index in [0.29, 0.717) is 11.3 Å². The van der Waals surface area contributed by atoms with Crippen LogP contribution in [0.4, 0.5) is 18.9 Å². The predicted molar refractivity (Wildman–Crippen MR) is 67.9 cm³/mol. The quantitative estimate of drug-likeness (QED) is 0.450. The van der Waals surface area contributed by atoms with Crippen LogP contribution in [0.1, 0.15) is 42.9 Å². The van der Waals surface area contributed by atoms with Crippen molar-refractivity contribution in [2.24, 2.45) is 11.8 Å². The van der Waals surface area contributed by atoms with Gasteiger partial charge in [-0.25, -0.2) is 0 Å². The van der Waals surface area contributed by atoms with Crippen molar-refractivity contribution in [1.29, 1.82) is 0 Å². The van der Waals surface area contributed by atoms with E-state index in [-0.39, 0.29) is 12.0 Å². The fourth-order valence-corrected chi connectivity index (χ4v) is 2.79. The Kier molecular flexibility index (Phi) is 4.01. The summed E-state index contributed by atoms with van der Waals surface area (Å²) < 4.78 is 38.3. The standard InChI is InChI=1S/C13H18F3N3/c14-13(15,16)9-5-6-11(17)10(7-9)12(19-18)8-3-1-2-4-8/h5-8,12,19H,1-4,17-18H2. The summed E-state index contributed by atoms with van der Waals surface area (Å²) in [4.78, 5) is 0. The number of hydrogen-bond acceptors (Lipinski definition) is 3. The molecule has 1 fully saturated rings. The van der Waals surface area contributed by atoms with Crippen LogP contribution in [0.3, 0.4) is 0 Å². The first-order valence-electron chi connectivity index (χ1n) is 6.36. The lowest BCUT2D eigenvalue weighted by Crippen LogP contribution is -2.33. The number of rotatable bonds is 3. The van der Waals surface area contributed by atoms with Gasteiger partial charge in [0.2, 0.25) is 0 Å². The Morgan fingerprint density at radius 3 is 2.37 bits per heavy atom. The third-order valence-corrected chi connectivity index (χ3v) is 3.80. The van der Waals surface area contributed by atoms with Gasteiger partial charge in [-0.3, -0.25) is 11.3 Å². The maximum atomic E-state index is 12.8. The second-order valence-electron chi connectivity index (χ2n) is 5.03. The van der Waals surface area contributed by atoms with Gasteiger partial charge in [0.15, 0.2) is 0 Å². The first-order chi connectivity index (χ1) is 8.93. The van der Waals surface area contributed by atoms with Crippen LogP contribution in [-0.4, -0.2) is 0 Å². The van der Waals surface area contributed by atoms with Crippen LogP contribution in [-0.2, 0) is 6.18 Å². The number of halogens is 3. The van der Waals surface area contributed by atoms with Crippen molar-refractivity contribution in [1.82, 2.24) is 5.43 Å². The fraction of sp³-hybridized carbons (Fsp3) is 0.538. The number of nitrogens with two attached hydrogens (primary N) is 2. The molecule has 0 amide bonds. The maximum Gasteiger partial charge on any atom is 0.416 e. The molecular formula is C13H18F3N3. The molecule has 6 heteroatoms. The summed E-state index contributed by atoms with van der Waals surface area (Å²) in [6.45, 7) is 0. The molecule has 2 rings (SSSR count).